The smallest absolute Gasteiger partial charge is 0.130 e. The highest BCUT2D eigenvalue weighted by Crippen LogP contribution is 2.17. The average Bonchev–Trinajstić information content (AvgIpc) is 2.16. The Balaban J connectivity index is 2.56. The van der Waals surface area contributed by atoms with Crippen LogP contribution in [0, 0.1) is 6.92 Å². The molecule has 0 saturated heterocycles. The summed E-state index contributed by atoms with van der Waals surface area (Å²) in [4.78, 5) is 10.8. The lowest BCUT2D eigenvalue weighted by Crippen LogP contribution is -2.14. The first kappa shape index (κ1) is 12.3. The van der Waals surface area contributed by atoms with Gasteiger partial charge in [-0.3, -0.25) is 0 Å². The van der Waals surface area contributed by atoms with Gasteiger partial charge in [-0.05, 0) is 21.0 Å². The number of nitrogens with zero attached hydrogens (tertiary/aromatic N) is 3. The summed E-state index contributed by atoms with van der Waals surface area (Å²) >= 11 is 1.76. The minimum atomic E-state index is 0.814. The number of nitrogens with one attached hydrogen (secondary N) is 1. The summed E-state index contributed by atoms with van der Waals surface area (Å²) < 4.78 is 0. The standard InChI is InChI=1S/C10H18N4S/c1-8-12-9(11-2)7-10(13-8)15-6-5-14(3)4/h7H,5-6H2,1-4H3,(H,11,12,13). The van der Waals surface area contributed by atoms with Crippen molar-refractivity contribution in [3.05, 3.63) is 11.9 Å². The molecule has 1 rings (SSSR count). The summed E-state index contributed by atoms with van der Waals surface area (Å²) in [5.74, 6) is 2.75. The van der Waals surface area contributed by atoms with Crippen molar-refractivity contribution in [2.24, 2.45) is 0 Å². The molecule has 0 bridgehead atoms. The number of aromatic nitrogens is 2. The summed E-state index contributed by atoms with van der Waals surface area (Å²) in [5.41, 5.74) is 0. The van der Waals surface area contributed by atoms with E-state index in [2.05, 4.69) is 34.3 Å². The molecule has 1 aromatic rings. The van der Waals surface area contributed by atoms with Crippen molar-refractivity contribution in [3.8, 4) is 0 Å². The molecule has 0 atom stereocenters. The zero-order valence-corrected chi connectivity index (χ0v) is 10.6. The van der Waals surface area contributed by atoms with Crippen molar-refractivity contribution < 1.29 is 0 Å². The van der Waals surface area contributed by atoms with Gasteiger partial charge in [-0.1, -0.05) is 0 Å². The van der Waals surface area contributed by atoms with E-state index in [1.165, 1.54) is 0 Å². The minimum Gasteiger partial charge on any atom is -0.373 e. The van der Waals surface area contributed by atoms with Crippen LogP contribution in [0.15, 0.2) is 11.1 Å². The van der Waals surface area contributed by atoms with Gasteiger partial charge in [0.15, 0.2) is 0 Å². The second-order valence-corrected chi connectivity index (χ2v) is 4.66. The van der Waals surface area contributed by atoms with E-state index in [0.29, 0.717) is 0 Å². The van der Waals surface area contributed by atoms with Crippen LogP contribution in [0.2, 0.25) is 0 Å². The van der Waals surface area contributed by atoms with Crippen LogP contribution in [0.25, 0.3) is 0 Å². The van der Waals surface area contributed by atoms with E-state index in [0.717, 1.165) is 29.0 Å². The predicted octanol–water partition coefficient (Wildman–Crippen LogP) is 1.48. The van der Waals surface area contributed by atoms with Gasteiger partial charge in [0.1, 0.15) is 16.7 Å². The molecule has 15 heavy (non-hydrogen) atoms. The average molecular weight is 226 g/mol. The lowest BCUT2D eigenvalue weighted by atomic mass is 10.5. The summed E-state index contributed by atoms with van der Waals surface area (Å²) in [6, 6.07) is 1.98. The van der Waals surface area contributed by atoms with E-state index < -0.39 is 0 Å². The first-order chi connectivity index (χ1) is 7.11. The molecule has 0 aliphatic rings. The molecule has 0 aliphatic heterocycles. The fraction of sp³-hybridized carbons (Fsp3) is 0.600. The molecule has 0 fully saturated rings. The highest BCUT2D eigenvalue weighted by Gasteiger charge is 2.01. The third kappa shape index (κ3) is 4.48. The Morgan fingerprint density at radius 3 is 2.73 bits per heavy atom. The number of rotatable bonds is 5. The van der Waals surface area contributed by atoms with Crippen LogP contribution in [-0.2, 0) is 0 Å². The van der Waals surface area contributed by atoms with Crippen molar-refractivity contribution in [1.29, 1.82) is 0 Å². The molecule has 0 radical (unpaired) electrons. The van der Waals surface area contributed by atoms with E-state index in [-0.39, 0.29) is 0 Å². The minimum absolute atomic E-state index is 0.814. The van der Waals surface area contributed by atoms with Crippen molar-refractivity contribution in [1.82, 2.24) is 14.9 Å². The van der Waals surface area contributed by atoms with E-state index in [1.807, 2.05) is 20.0 Å². The number of hydrogen-bond acceptors (Lipinski definition) is 5. The normalized spacial score (nSPS) is 10.7. The quantitative estimate of drug-likeness (QED) is 0.608. The third-order valence-corrected chi connectivity index (χ3v) is 2.75. The number of hydrogen-bond donors (Lipinski definition) is 1. The molecule has 0 saturated carbocycles. The molecule has 0 amide bonds. The molecule has 1 aromatic heterocycles. The highest BCUT2D eigenvalue weighted by molar-refractivity contribution is 7.99. The Morgan fingerprint density at radius 2 is 2.13 bits per heavy atom. The van der Waals surface area contributed by atoms with Crippen LogP contribution in [0.3, 0.4) is 0 Å². The maximum Gasteiger partial charge on any atom is 0.130 e. The first-order valence-electron chi connectivity index (χ1n) is 4.93. The number of aryl methyl sites for hydroxylation is 1. The second kappa shape index (κ2) is 5.92. The monoisotopic (exact) mass is 226 g/mol. The molecular weight excluding hydrogens is 208 g/mol. The topological polar surface area (TPSA) is 41.0 Å². The van der Waals surface area contributed by atoms with Gasteiger partial charge in [0.25, 0.3) is 0 Å². The molecule has 0 spiro atoms. The molecule has 1 heterocycles. The van der Waals surface area contributed by atoms with Gasteiger partial charge < -0.3 is 10.2 Å². The van der Waals surface area contributed by atoms with Crippen LogP contribution < -0.4 is 5.32 Å². The largest absolute Gasteiger partial charge is 0.373 e. The fourth-order valence-electron chi connectivity index (χ4n) is 1.08. The summed E-state index contributed by atoms with van der Waals surface area (Å²) in [7, 11) is 6.02. The lowest BCUT2D eigenvalue weighted by Gasteiger charge is -2.09. The molecule has 0 unspecified atom stereocenters. The van der Waals surface area contributed by atoms with E-state index in [9.17, 15) is 0 Å². The Labute approximate surface area is 95.5 Å². The van der Waals surface area contributed by atoms with Crippen LogP contribution in [0.4, 0.5) is 5.82 Å². The zero-order chi connectivity index (χ0) is 11.3. The van der Waals surface area contributed by atoms with Crippen LogP contribution in [0.5, 0.6) is 0 Å². The molecule has 4 nitrogen and oxygen atoms in total. The van der Waals surface area contributed by atoms with Crippen molar-refractivity contribution in [2.45, 2.75) is 11.9 Å². The third-order valence-electron chi connectivity index (χ3n) is 1.86. The van der Waals surface area contributed by atoms with Crippen LogP contribution in [0.1, 0.15) is 5.82 Å². The van der Waals surface area contributed by atoms with Crippen molar-refractivity contribution >= 4 is 17.6 Å². The molecule has 5 heteroatoms. The van der Waals surface area contributed by atoms with Gasteiger partial charge in [-0.25, -0.2) is 9.97 Å². The molecule has 84 valence electrons. The van der Waals surface area contributed by atoms with Crippen LogP contribution in [-0.4, -0.2) is 48.3 Å². The Morgan fingerprint density at radius 1 is 1.40 bits per heavy atom. The maximum absolute atomic E-state index is 4.37. The Kier molecular flexibility index (Phi) is 4.84. The lowest BCUT2D eigenvalue weighted by molar-refractivity contribution is 0.437. The highest BCUT2D eigenvalue weighted by atomic mass is 32.2. The summed E-state index contributed by atoms with van der Waals surface area (Å²) in [5, 5.41) is 4.07. The Bertz CT molecular complexity index is 314. The SMILES string of the molecule is CNc1cc(SCCN(C)C)nc(C)n1. The predicted molar refractivity (Wildman–Crippen MR) is 65.6 cm³/mol. The second-order valence-electron chi connectivity index (χ2n) is 3.54. The van der Waals surface area contributed by atoms with Gasteiger partial charge in [0, 0.05) is 25.4 Å². The van der Waals surface area contributed by atoms with E-state index in [4.69, 9.17) is 0 Å². The van der Waals surface area contributed by atoms with E-state index in [1.54, 1.807) is 11.8 Å². The van der Waals surface area contributed by atoms with E-state index >= 15 is 0 Å². The van der Waals surface area contributed by atoms with Crippen molar-refractivity contribution in [3.63, 3.8) is 0 Å². The molecule has 1 N–H and O–H groups in total. The summed E-state index contributed by atoms with van der Waals surface area (Å²) in [6.07, 6.45) is 0. The van der Waals surface area contributed by atoms with Gasteiger partial charge in [0.2, 0.25) is 0 Å². The van der Waals surface area contributed by atoms with Gasteiger partial charge in [0.05, 0.1) is 0 Å². The van der Waals surface area contributed by atoms with Gasteiger partial charge in [-0.2, -0.15) is 0 Å². The number of anilines is 1. The van der Waals surface area contributed by atoms with Crippen molar-refractivity contribution in [2.75, 3.05) is 38.8 Å². The zero-order valence-electron chi connectivity index (χ0n) is 9.74. The van der Waals surface area contributed by atoms with Gasteiger partial charge >= 0.3 is 0 Å². The fourth-order valence-corrected chi connectivity index (χ4v) is 2.13. The molecular formula is C10H18N4S. The summed E-state index contributed by atoms with van der Waals surface area (Å²) in [6.45, 7) is 2.97. The maximum atomic E-state index is 4.37. The first-order valence-corrected chi connectivity index (χ1v) is 5.91. The molecule has 0 aromatic carbocycles. The number of thioether (sulfide) groups is 1. The van der Waals surface area contributed by atoms with Crippen LogP contribution >= 0.6 is 11.8 Å². The molecule has 0 aliphatic carbocycles. The van der Waals surface area contributed by atoms with Gasteiger partial charge in [-0.15, -0.1) is 11.8 Å². The Hall–Kier alpha value is -0.810.